The molecule has 0 bridgehead atoms. The van der Waals surface area contributed by atoms with Crippen molar-refractivity contribution in [3.8, 4) is 0 Å². The summed E-state index contributed by atoms with van der Waals surface area (Å²) in [6.07, 6.45) is 1.63. The minimum absolute atomic E-state index is 0.525. The maximum absolute atomic E-state index is 5.96. The Morgan fingerprint density at radius 3 is 3.00 bits per heavy atom. The molecule has 0 spiro atoms. The Bertz CT molecular complexity index is 327. The largest absolute Gasteiger partial charge is 0.495 e. The van der Waals surface area contributed by atoms with Crippen molar-refractivity contribution in [2.75, 3.05) is 7.11 Å². The van der Waals surface area contributed by atoms with Gasteiger partial charge in [0.15, 0.2) is 0 Å². The molecule has 1 heterocycles. The number of methoxy groups -OCH3 is 1. The maximum Gasteiger partial charge on any atom is 0.137 e. The lowest BCUT2D eigenvalue weighted by molar-refractivity contribution is 0.369. The summed E-state index contributed by atoms with van der Waals surface area (Å²) in [5.74, 6) is 0.525. The molecule has 0 aromatic carbocycles. The first-order valence-corrected chi connectivity index (χ1v) is 5.13. The van der Waals surface area contributed by atoms with E-state index >= 15 is 0 Å². The van der Waals surface area contributed by atoms with E-state index in [1.54, 1.807) is 19.4 Å². The van der Waals surface area contributed by atoms with Gasteiger partial charge in [-0.25, -0.2) is 0 Å². The minimum atomic E-state index is 0.525. The lowest BCUT2D eigenvalue weighted by Crippen LogP contribution is -1.96. The fourth-order valence-corrected chi connectivity index (χ4v) is 1.87. The molecule has 0 saturated heterocycles. The highest BCUT2D eigenvalue weighted by Crippen LogP contribution is 2.25. The first-order chi connectivity index (χ1) is 6.20. The molecule has 0 radical (unpaired) electrons. The molecule has 0 N–H and O–H groups in total. The molecule has 0 atom stereocenters. The van der Waals surface area contributed by atoms with E-state index in [1.807, 2.05) is 0 Å². The van der Waals surface area contributed by atoms with Gasteiger partial charge in [0.1, 0.15) is 11.5 Å². The van der Waals surface area contributed by atoms with Gasteiger partial charge in [-0.05, 0) is 6.07 Å². The minimum Gasteiger partial charge on any atom is -0.495 e. The molecule has 1 aromatic heterocycles. The number of rotatable bonds is 3. The van der Waals surface area contributed by atoms with Gasteiger partial charge in [0.25, 0.3) is 0 Å². The van der Waals surface area contributed by atoms with E-state index in [4.69, 9.17) is 16.3 Å². The molecule has 0 aliphatic heterocycles. The molecule has 0 saturated carbocycles. The first-order valence-electron chi connectivity index (χ1n) is 3.63. The van der Waals surface area contributed by atoms with E-state index in [1.165, 1.54) is 0 Å². The highest BCUT2D eigenvalue weighted by Gasteiger charge is 2.09. The molecule has 0 aliphatic carbocycles. The number of hydrogen-bond acceptors (Lipinski definition) is 2. The third-order valence-electron chi connectivity index (χ3n) is 1.64. The Balaban J connectivity index is 3.20. The fourth-order valence-electron chi connectivity index (χ4n) is 0.933. The predicted octanol–water partition coefficient (Wildman–Crippen LogP) is 3.25. The summed E-state index contributed by atoms with van der Waals surface area (Å²) in [5, 5.41) is 1.30. The summed E-state index contributed by atoms with van der Waals surface area (Å²) in [5.41, 5.74) is 1.60. The Labute approximate surface area is 90.7 Å². The Morgan fingerprint density at radius 1 is 1.77 bits per heavy atom. The van der Waals surface area contributed by atoms with Gasteiger partial charge in [0, 0.05) is 22.1 Å². The van der Waals surface area contributed by atoms with Crippen molar-refractivity contribution in [3.05, 3.63) is 35.1 Å². The Kier molecular flexibility index (Phi) is 3.75. The zero-order valence-electron chi connectivity index (χ0n) is 7.18. The summed E-state index contributed by atoms with van der Waals surface area (Å²) in [4.78, 5) is 4.14. The van der Waals surface area contributed by atoms with E-state index < -0.39 is 0 Å². The van der Waals surface area contributed by atoms with Crippen LogP contribution in [0.1, 0.15) is 11.3 Å². The van der Waals surface area contributed by atoms with Gasteiger partial charge in [-0.3, -0.25) is 4.98 Å². The summed E-state index contributed by atoms with van der Waals surface area (Å²) < 4.78 is 5.00. The number of aromatic nitrogens is 1. The number of pyridine rings is 1. The number of hydrogen-bond donors (Lipinski definition) is 0. The van der Waals surface area contributed by atoms with Crippen molar-refractivity contribution in [1.29, 1.82) is 0 Å². The molecule has 1 rings (SSSR count). The van der Waals surface area contributed by atoms with Gasteiger partial charge >= 0.3 is 0 Å². The number of nitrogens with zero attached hydrogens (tertiary/aromatic N) is 1. The molecule has 0 amide bonds. The lowest BCUT2D eigenvalue weighted by Gasteiger charge is -2.08. The summed E-state index contributed by atoms with van der Waals surface area (Å²) >= 11 is 9.30. The van der Waals surface area contributed by atoms with Crippen LogP contribution in [0.3, 0.4) is 0 Å². The molecule has 70 valence electrons. The molecule has 2 nitrogen and oxygen atoms in total. The zero-order chi connectivity index (χ0) is 9.84. The van der Waals surface area contributed by atoms with E-state index in [2.05, 4.69) is 27.5 Å². The molecular formula is C9H9BrClNO. The monoisotopic (exact) mass is 261 g/mol. The zero-order valence-corrected chi connectivity index (χ0v) is 9.52. The van der Waals surface area contributed by atoms with Crippen molar-refractivity contribution in [2.45, 2.75) is 5.33 Å². The molecule has 0 aliphatic rings. The summed E-state index contributed by atoms with van der Waals surface area (Å²) in [6.45, 7) is 3.73. The van der Waals surface area contributed by atoms with Gasteiger partial charge in [0.05, 0.1) is 7.11 Å². The number of alkyl halides is 1. The quantitative estimate of drug-likeness (QED) is 0.616. The normalized spacial score (nSPS) is 9.77. The average Bonchev–Trinajstić information content (AvgIpc) is 2.16. The highest BCUT2D eigenvalue weighted by atomic mass is 79.9. The van der Waals surface area contributed by atoms with Gasteiger partial charge in [-0.1, -0.05) is 34.1 Å². The van der Waals surface area contributed by atoms with Gasteiger partial charge in [0.2, 0.25) is 0 Å². The molecular weight excluding hydrogens is 253 g/mol. The molecule has 4 heteroatoms. The van der Waals surface area contributed by atoms with Crippen LogP contribution >= 0.6 is 27.5 Å². The van der Waals surface area contributed by atoms with Crippen LogP contribution in [-0.4, -0.2) is 12.1 Å². The molecule has 13 heavy (non-hydrogen) atoms. The van der Waals surface area contributed by atoms with E-state index in [9.17, 15) is 0 Å². The molecule has 0 fully saturated rings. The van der Waals surface area contributed by atoms with Crippen LogP contribution < -0.4 is 0 Å². The van der Waals surface area contributed by atoms with Gasteiger partial charge in [-0.2, -0.15) is 0 Å². The second kappa shape index (κ2) is 4.63. The van der Waals surface area contributed by atoms with Crippen LogP contribution in [0.2, 0.25) is 5.02 Å². The number of ether oxygens (including phenoxy) is 1. The second-order valence-corrected chi connectivity index (χ2v) is 3.35. The van der Waals surface area contributed by atoms with E-state index in [-0.39, 0.29) is 0 Å². The third-order valence-corrected chi connectivity index (χ3v) is 2.56. The van der Waals surface area contributed by atoms with Gasteiger partial charge in [-0.15, -0.1) is 0 Å². The fraction of sp³-hybridized carbons (Fsp3) is 0.222. The summed E-state index contributed by atoms with van der Waals surface area (Å²) in [6, 6.07) is 1.74. The molecule has 0 unspecified atom stereocenters. The maximum atomic E-state index is 5.96. The highest BCUT2D eigenvalue weighted by molar-refractivity contribution is 9.08. The average molecular weight is 263 g/mol. The van der Waals surface area contributed by atoms with Crippen LogP contribution in [0, 0.1) is 0 Å². The van der Waals surface area contributed by atoms with Crippen LogP contribution in [0.15, 0.2) is 18.8 Å². The topological polar surface area (TPSA) is 22.1 Å². The van der Waals surface area contributed by atoms with Crippen LogP contribution in [0.4, 0.5) is 0 Å². The number of halogens is 2. The summed E-state index contributed by atoms with van der Waals surface area (Å²) in [7, 11) is 1.56. The standard InChI is InChI=1S/C9H9BrClNO/c1-6(13-2)9-7(5-10)8(11)3-4-12-9/h3-4H,1,5H2,2H3. The Hall–Kier alpha value is -0.540. The SMILES string of the molecule is C=C(OC)c1nccc(Cl)c1CBr. The van der Waals surface area contributed by atoms with Gasteiger partial charge < -0.3 is 4.74 Å². The van der Waals surface area contributed by atoms with E-state index in [0.29, 0.717) is 21.8 Å². The van der Waals surface area contributed by atoms with Crippen molar-refractivity contribution >= 4 is 33.3 Å². The van der Waals surface area contributed by atoms with Crippen molar-refractivity contribution in [3.63, 3.8) is 0 Å². The van der Waals surface area contributed by atoms with Crippen LogP contribution in [-0.2, 0) is 10.1 Å². The van der Waals surface area contributed by atoms with Crippen molar-refractivity contribution in [2.24, 2.45) is 0 Å². The van der Waals surface area contributed by atoms with Crippen molar-refractivity contribution < 1.29 is 4.74 Å². The molecule has 1 aromatic rings. The first kappa shape index (κ1) is 10.5. The van der Waals surface area contributed by atoms with Crippen LogP contribution in [0.5, 0.6) is 0 Å². The second-order valence-electron chi connectivity index (χ2n) is 2.38. The van der Waals surface area contributed by atoms with Crippen molar-refractivity contribution in [1.82, 2.24) is 4.98 Å². The Morgan fingerprint density at radius 2 is 2.46 bits per heavy atom. The van der Waals surface area contributed by atoms with E-state index in [0.717, 1.165) is 5.56 Å². The predicted molar refractivity (Wildman–Crippen MR) is 57.9 cm³/mol. The third kappa shape index (κ3) is 2.23. The van der Waals surface area contributed by atoms with Crippen LogP contribution in [0.25, 0.3) is 5.76 Å². The lowest BCUT2D eigenvalue weighted by atomic mass is 10.2. The smallest absolute Gasteiger partial charge is 0.137 e.